The van der Waals surface area contributed by atoms with Crippen molar-refractivity contribution in [2.75, 3.05) is 13.1 Å². The Kier molecular flexibility index (Phi) is 4.08. The third kappa shape index (κ3) is 2.82. The van der Waals surface area contributed by atoms with Crippen molar-refractivity contribution in [3.05, 3.63) is 53.2 Å². The van der Waals surface area contributed by atoms with E-state index in [0.717, 1.165) is 0 Å². The van der Waals surface area contributed by atoms with Gasteiger partial charge in [0, 0.05) is 17.3 Å². The molecule has 5 nitrogen and oxygen atoms in total. The van der Waals surface area contributed by atoms with Crippen LogP contribution in [0.4, 0.5) is 0 Å². The molecule has 0 aliphatic carbocycles. The van der Waals surface area contributed by atoms with Crippen LogP contribution in [0.5, 0.6) is 5.88 Å². The third-order valence-corrected chi connectivity index (χ3v) is 5.96. The first kappa shape index (κ1) is 15.3. The van der Waals surface area contributed by atoms with Crippen molar-refractivity contribution in [2.24, 2.45) is 0 Å². The summed E-state index contributed by atoms with van der Waals surface area (Å²) < 4.78 is 32.2. The van der Waals surface area contributed by atoms with Gasteiger partial charge in [0.1, 0.15) is 6.10 Å². The average molecular weight is 339 g/mol. The van der Waals surface area contributed by atoms with E-state index in [4.69, 9.17) is 16.3 Å². The molecule has 3 rings (SSSR count). The summed E-state index contributed by atoms with van der Waals surface area (Å²) >= 11 is 6.01. The monoisotopic (exact) mass is 338 g/mol. The Morgan fingerprint density at radius 2 is 2.00 bits per heavy atom. The van der Waals surface area contributed by atoms with Gasteiger partial charge in [-0.2, -0.15) is 4.31 Å². The molecular weight excluding hydrogens is 324 g/mol. The minimum absolute atomic E-state index is 0.177. The van der Waals surface area contributed by atoms with Crippen molar-refractivity contribution in [1.29, 1.82) is 0 Å². The molecule has 1 aromatic heterocycles. The lowest BCUT2D eigenvalue weighted by Gasteiger charge is -2.37. The number of pyridine rings is 1. The Bertz CT molecular complexity index is 775. The molecule has 0 bridgehead atoms. The van der Waals surface area contributed by atoms with E-state index in [2.05, 4.69) is 4.98 Å². The molecule has 1 aliphatic rings. The summed E-state index contributed by atoms with van der Waals surface area (Å²) in [7, 11) is -3.53. The second-order valence-corrected chi connectivity index (χ2v) is 7.41. The first-order chi connectivity index (χ1) is 10.5. The SMILES string of the molecule is Cc1c(Cl)cccc1S(=O)(=O)N1CC(Oc2ccccn2)C1. The topological polar surface area (TPSA) is 59.5 Å². The van der Waals surface area contributed by atoms with Gasteiger partial charge < -0.3 is 4.74 Å². The molecule has 1 fully saturated rings. The van der Waals surface area contributed by atoms with Crippen LogP contribution in [-0.4, -0.2) is 36.9 Å². The largest absolute Gasteiger partial charge is 0.472 e. The highest BCUT2D eigenvalue weighted by atomic mass is 35.5. The van der Waals surface area contributed by atoms with Gasteiger partial charge in [-0.05, 0) is 30.7 Å². The van der Waals surface area contributed by atoms with Crippen molar-refractivity contribution < 1.29 is 13.2 Å². The molecule has 0 N–H and O–H groups in total. The van der Waals surface area contributed by atoms with Crippen LogP contribution in [0.1, 0.15) is 5.56 Å². The molecule has 1 aliphatic heterocycles. The van der Waals surface area contributed by atoms with Gasteiger partial charge in [0.05, 0.1) is 18.0 Å². The fourth-order valence-electron chi connectivity index (χ4n) is 2.27. The number of rotatable bonds is 4. The summed E-state index contributed by atoms with van der Waals surface area (Å²) in [4.78, 5) is 4.31. The molecule has 0 amide bonds. The smallest absolute Gasteiger partial charge is 0.243 e. The number of halogens is 1. The molecule has 7 heteroatoms. The van der Waals surface area contributed by atoms with Crippen molar-refractivity contribution in [3.8, 4) is 5.88 Å². The average Bonchev–Trinajstić information content (AvgIpc) is 2.46. The first-order valence-corrected chi connectivity index (χ1v) is 8.63. The summed E-state index contributed by atoms with van der Waals surface area (Å²) in [5.74, 6) is 0.503. The Morgan fingerprint density at radius 1 is 1.23 bits per heavy atom. The molecular formula is C15H15ClN2O3S. The van der Waals surface area contributed by atoms with Gasteiger partial charge in [0.25, 0.3) is 0 Å². The van der Waals surface area contributed by atoms with Crippen LogP contribution in [0.25, 0.3) is 0 Å². The Labute approximate surface area is 134 Å². The molecule has 0 spiro atoms. The van der Waals surface area contributed by atoms with Crippen molar-refractivity contribution >= 4 is 21.6 Å². The predicted octanol–water partition coefficient (Wildman–Crippen LogP) is 2.50. The van der Waals surface area contributed by atoms with Crippen molar-refractivity contribution in [1.82, 2.24) is 9.29 Å². The highest BCUT2D eigenvalue weighted by molar-refractivity contribution is 7.89. The van der Waals surface area contributed by atoms with Crippen molar-refractivity contribution in [3.63, 3.8) is 0 Å². The van der Waals surface area contributed by atoms with Crippen LogP contribution in [0, 0.1) is 6.92 Å². The number of sulfonamides is 1. The molecule has 0 saturated carbocycles. The van der Waals surface area contributed by atoms with Gasteiger partial charge in [-0.25, -0.2) is 13.4 Å². The van der Waals surface area contributed by atoms with Gasteiger partial charge in [-0.3, -0.25) is 0 Å². The standard InChI is InChI=1S/C15H15ClN2O3S/c1-11-13(16)5-4-6-14(11)22(19,20)18-9-12(10-18)21-15-7-2-3-8-17-15/h2-8,12H,9-10H2,1H3. The Balaban J connectivity index is 1.70. The van der Waals surface area contributed by atoms with E-state index in [1.165, 1.54) is 4.31 Å². The fraction of sp³-hybridized carbons (Fsp3) is 0.267. The van der Waals surface area contributed by atoms with Gasteiger partial charge >= 0.3 is 0 Å². The maximum atomic E-state index is 12.6. The zero-order valence-electron chi connectivity index (χ0n) is 11.9. The molecule has 1 saturated heterocycles. The predicted molar refractivity (Wildman–Crippen MR) is 83.6 cm³/mol. The van der Waals surface area contributed by atoms with E-state index in [1.807, 2.05) is 6.07 Å². The highest BCUT2D eigenvalue weighted by Gasteiger charge is 2.39. The van der Waals surface area contributed by atoms with Crippen LogP contribution in [-0.2, 0) is 10.0 Å². The summed E-state index contributed by atoms with van der Waals surface area (Å²) in [5, 5.41) is 0.447. The zero-order chi connectivity index (χ0) is 15.7. The van der Waals surface area contributed by atoms with E-state index in [1.54, 1.807) is 43.5 Å². The lowest BCUT2D eigenvalue weighted by atomic mass is 10.2. The lowest BCUT2D eigenvalue weighted by molar-refractivity contribution is 0.0720. The quantitative estimate of drug-likeness (QED) is 0.859. The van der Waals surface area contributed by atoms with Crippen LogP contribution in [0.2, 0.25) is 5.02 Å². The normalized spacial score (nSPS) is 16.3. The minimum atomic E-state index is -3.53. The molecule has 0 atom stereocenters. The second kappa shape index (κ2) is 5.87. The maximum absolute atomic E-state index is 12.6. The lowest BCUT2D eigenvalue weighted by Crippen LogP contribution is -2.56. The van der Waals surface area contributed by atoms with Crippen LogP contribution < -0.4 is 4.74 Å². The zero-order valence-corrected chi connectivity index (χ0v) is 13.5. The van der Waals surface area contributed by atoms with E-state index in [0.29, 0.717) is 29.6 Å². The minimum Gasteiger partial charge on any atom is -0.472 e. The molecule has 0 unspecified atom stereocenters. The summed E-state index contributed by atoms with van der Waals surface area (Å²) in [6.07, 6.45) is 1.46. The van der Waals surface area contributed by atoms with Crippen LogP contribution in [0.15, 0.2) is 47.5 Å². The maximum Gasteiger partial charge on any atom is 0.243 e. The van der Waals surface area contributed by atoms with Gasteiger partial charge in [0.2, 0.25) is 15.9 Å². The van der Waals surface area contributed by atoms with E-state index in [9.17, 15) is 8.42 Å². The number of hydrogen-bond acceptors (Lipinski definition) is 4. The Morgan fingerprint density at radius 3 is 2.68 bits per heavy atom. The summed E-state index contributed by atoms with van der Waals surface area (Å²) in [6.45, 7) is 2.33. The number of benzene rings is 1. The number of hydrogen-bond donors (Lipinski definition) is 0. The fourth-order valence-corrected chi connectivity index (χ4v) is 4.25. The van der Waals surface area contributed by atoms with E-state index in [-0.39, 0.29) is 11.0 Å². The third-order valence-electron chi connectivity index (χ3n) is 3.58. The number of ether oxygens (including phenoxy) is 1. The van der Waals surface area contributed by atoms with Gasteiger partial charge in [-0.15, -0.1) is 0 Å². The molecule has 22 heavy (non-hydrogen) atoms. The first-order valence-electron chi connectivity index (χ1n) is 6.81. The Hall–Kier alpha value is -1.63. The molecule has 116 valence electrons. The molecule has 2 aromatic rings. The molecule has 1 aromatic carbocycles. The van der Waals surface area contributed by atoms with Crippen molar-refractivity contribution in [2.45, 2.75) is 17.9 Å². The number of nitrogens with zero attached hydrogens (tertiary/aromatic N) is 2. The van der Waals surface area contributed by atoms with Gasteiger partial charge in [0.15, 0.2) is 0 Å². The highest BCUT2D eigenvalue weighted by Crippen LogP contribution is 2.29. The molecule has 0 radical (unpaired) electrons. The number of aromatic nitrogens is 1. The van der Waals surface area contributed by atoms with Gasteiger partial charge in [-0.1, -0.05) is 23.7 Å². The summed E-state index contributed by atoms with van der Waals surface area (Å²) in [5.41, 5.74) is 0.568. The van der Waals surface area contributed by atoms with Crippen LogP contribution in [0.3, 0.4) is 0 Å². The second-order valence-electron chi connectivity index (χ2n) is 5.09. The van der Waals surface area contributed by atoms with Crippen LogP contribution >= 0.6 is 11.6 Å². The summed E-state index contributed by atoms with van der Waals surface area (Å²) in [6, 6.07) is 10.3. The van der Waals surface area contributed by atoms with E-state index >= 15 is 0 Å². The van der Waals surface area contributed by atoms with E-state index < -0.39 is 10.0 Å². The molecule has 2 heterocycles.